The Labute approximate surface area is 171 Å². The van der Waals surface area contributed by atoms with Crippen molar-refractivity contribution in [2.24, 2.45) is 5.73 Å². The van der Waals surface area contributed by atoms with E-state index in [2.05, 4.69) is 6.92 Å². The highest BCUT2D eigenvalue weighted by atomic mass is 32.2. The van der Waals surface area contributed by atoms with Crippen molar-refractivity contribution < 1.29 is 13.2 Å². The Bertz CT molecular complexity index is 995. The molecule has 1 fully saturated rings. The Kier molecular flexibility index (Phi) is 6.34. The van der Waals surface area contributed by atoms with Gasteiger partial charge < -0.3 is 10.6 Å². The molecule has 1 aliphatic heterocycles. The molecular formula is C21H26N4O3S. The van der Waals surface area contributed by atoms with Crippen LogP contribution in [0.25, 0.3) is 0 Å². The van der Waals surface area contributed by atoms with Crippen LogP contribution >= 0.6 is 0 Å². The molecule has 1 amide bonds. The van der Waals surface area contributed by atoms with E-state index < -0.39 is 10.0 Å². The van der Waals surface area contributed by atoms with E-state index >= 15 is 0 Å². The zero-order valence-electron chi connectivity index (χ0n) is 16.5. The lowest BCUT2D eigenvalue weighted by Gasteiger charge is -2.34. The Balaban J connectivity index is 1.67. The summed E-state index contributed by atoms with van der Waals surface area (Å²) in [6.45, 7) is 3.21. The van der Waals surface area contributed by atoms with Crippen LogP contribution in [0.15, 0.2) is 53.4 Å². The number of sulfonamides is 1. The van der Waals surface area contributed by atoms with Crippen LogP contribution in [0.5, 0.6) is 0 Å². The number of nitrogens with one attached hydrogen (secondary N) is 1. The number of piperazine rings is 1. The van der Waals surface area contributed by atoms with Crippen LogP contribution in [0, 0.1) is 5.41 Å². The second-order valence-electron chi connectivity index (χ2n) is 7.08. The van der Waals surface area contributed by atoms with Crippen LogP contribution in [-0.2, 0) is 16.4 Å². The Morgan fingerprint density at radius 2 is 1.66 bits per heavy atom. The monoisotopic (exact) mass is 414 g/mol. The Morgan fingerprint density at radius 1 is 1.03 bits per heavy atom. The zero-order chi connectivity index (χ0) is 21.0. The van der Waals surface area contributed by atoms with Crippen LogP contribution in [0.3, 0.4) is 0 Å². The van der Waals surface area contributed by atoms with Gasteiger partial charge in [0.25, 0.3) is 5.91 Å². The number of nitrogen functional groups attached to an aromatic ring is 1. The van der Waals surface area contributed by atoms with E-state index in [1.807, 2.05) is 12.1 Å². The lowest BCUT2D eigenvalue weighted by Crippen LogP contribution is -2.50. The molecule has 2 aromatic rings. The van der Waals surface area contributed by atoms with Crippen LogP contribution in [0.1, 0.15) is 34.8 Å². The smallest absolute Gasteiger partial charge is 0.253 e. The van der Waals surface area contributed by atoms with E-state index in [0.29, 0.717) is 24.2 Å². The topological polar surface area (TPSA) is 108 Å². The molecule has 154 valence electrons. The zero-order valence-corrected chi connectivity index (χ0v) is 17.3. The molecule has 8 heteroatoms. The minimum Gasteiger partial charge on any atom is -0.384 e. The third-order valence-electron chi connectivity index (χ3n) is 5.05. The van der Waals surface area contributed by atoms with Gasteiger partial charge in [-0.25, -0.2) is 8.42 Å². The molecule has 2 aromatic carbocycles. The maximum Gasteiger partial charge on any atom is 0.253 e. The van der Waals surface area contributed by atoms with Gasteiger partial charge in [0.05, 0.1) is 4.90 Å². The van der Waals surface area contributed by atoms with Crippen molar-refractivity contribution in [3.63, 3.8) is 0 Å². The third kappa shape index (κ3) is 4.65. The average Bonchev–Trinajstić information content (AvgIpc) is 2.74. The summed E-state index contributed by atoms with van der Waals surface area (Å²) < 4.78 is 27.2. The van der Waals surface area contributed by atoms with E-state index in [-0.39, 0.29) is 29.7 Å². The minimum atomic E-state index is -3.57. The van der Waals surface area contributed by atoms with Crippen molar-refractivity contribution in [2.45, 2.75) is 24.7 Å². The van der Waals surface area contributed by atoms with E-state index in [0.717, 1.165) is 18.4 Å². The molecule has 0 spiro atoms. The van der Waals surface area contributed by atoms with Gasteiger partial charge in [-0.15, -0.1) is 0 Å². The summed E-state index contributed by atoms with van der Waals surface area (Å²) in [5.41, 5.74) is 7.55. The molecule has 0 bridgehead atoms. The molecule has 1 heterocycles. The van der Waals surface area contributed by atoms with Crippen molar-refractivity contribution >= 4 is 21.8 Å². The second-order valence-corrected chi connectivity index (χ2v) is 9.02. The third-order valence-corrected chi connectivity index (χ3v) is 6.96. The number of hydrogen-bond acceptors (Lipinski definition) is 4. The fourth-order valence-corrected chi connectivity index (χ4v) is 4.82. The fourth-order valence-electron chi connectivity index (χ4n) is 3.40. The highest BCUT2D eigenvalue weighted by Crippen LogP contribution is 2.20. The van der Waals surface area contributed by atoms with E-state index in [4.69, 9.17) is 11.1 Å². The molecular weight excluding hydrogens is 388 g/mol. The van der Waals surface area contributed by atoms with Crippen molar-refractivity contribution in [3.05, 3.63) is 65.2 Å². The molecule has 1 saturated heterocycles. The van der Waals surface area contributed by atoms with Crippen LogP contribution in [-0.4, -0.2) is 55.5 Å². The van der Waals surface area contributed by atoms with Gasteiger partial charge in [0.1, 0.15) is 5.84 Å². The van der Waals surface area contributed by atoms with E-state index in [9.17, 15) is 13.2 Å². The summed E-state index contributed by atoms with van der Waals surface area (Å²) in [6, 6.07) is 13.7. The SMILES string of the molecule is CCCc1ccc(S(=O)(=O)N2CCN(C(=O)c3cccc(C(=N)N)c3)CC2)cc1. The molecule has 1 aliphatic rings. The van der Waals surface area contributed by atoms with Gasteiger partial charge >= 0.3 is 0 Å². The number of amidine groups is 1. The number of hydrogen-bond donors (Lipinski definition) is 2. The van der Waals surface area contributed by atoms with Crippen LogP contribution in [0.4, 0.5) is 0 Å². The number of aryl methyl sites for hydroxylation is 1. The number of carbonyl (C=O) groups excluding carboxylic acids is 1. The number of rotatable bonds is 6. The Morgan fingerprint density at radius 3 is 2.24 bits per heavy atom. The van der Waals surface area contributed by atoms with Crippen LogP contribution in [0.2, 0.25) is 0 Å². The number of nitrogens with zero attached hydrogens (tertiary/aromatic N) is 2. The van der Waals surface area contributed by atoms with Crippen molar-refractivity contribution in [3.8, 4) is 0 Å². The van der Waals surface area contributed by atoms with Gasteiger partial charge in [0, 0.05) is 37.3 Å². The quantitative estimate of drug-likeness (QED) is 0.557. The van der Waals surface area contributed by atoms with Crippen molar-refractivity contribution in [1.82, 2.24) is 9.21 Å². The molecule has 0 atom stereocenters. The van der Waals surface area contributed by atoms with Crippen molar-refractivity contribution in [1.29, 1.82) is 5.41 Å². The maximum atomic E-state index is 12.9. The van der Waals surface area contributed by atoms with Gasteiger partial charge in [0.15, 0.2) is 0 Å². The minimum absolute atomic E-state index is 0.0967. The Hall–Kier alpha value is -2.71. The van der Waals surface area contributed by atoms with Crippen LogP contribution < -0.4 is 5.73 Å². The second kappa shape index (κ2) is 8.75. The summed E-state index contributed by atoms with van der Waals surface area (Å²) in [4.78, 5) is 14.7. The first-order valence-corrected chi connectivity index (χ1v) is 11.1. The predicted molar refractivity (Wildman–Crippen MR) is 113 cm³/mol. The number of amides is 1. The molecule has 0 unspecified atom stereocenters. The summed E-state index contributed by atoms with van der Waals surface area (Å²) in [5.74, 6) is -0.283. The normalized spacial score (nSPS) is 15.3. The first kappa shape index (κ1) is 21.0. The van der Waals surface area contributed by atoms with Gasteiger partial charge in [-0.3, -0.25) is 10.2 Å². The lowest BCUT2D eigenvalue weighted by molar-refractivity contribution is 0.0698. The molecule has 7 nitrogen and oxygen atoms in total. The lowest BCUT2D eigenvalue weighted by atomic mass is 10.1. The highest BCUT2D eigenvalue weighted by Gasteiger charge is 2.30. The molecule has 0 radical (unpaired) electrons. The molecule has 0 aromatic heterocycles. The van der Waals surface area contributed by atoms with Crippen molar-refractivity contribution in [2.75, 3.05) is 26.2 Å². The summed E-state index contributed by atoms with van der Waals surface area (Å²) >= 11 is 0. The summed E-state index contributed by atoms with van der Waals surface area (Å²) in [6.07, 6.45) is 1.93. The molecule has 0 saturated carbocycles. The first-order chi connectivity index (χ1) is 13.8. The molecule has 0 aliphatic carbocycles. The van der Waals surface area contributed by atoms with E-state index in [1.165, 1.54) is 4.31 Å². The highest BCUT2D eigenvalue weighted by molar-refractivity contribution is 7.89. The predicted octanol–water partition coefficient (Wildman–Crippen LogP) is 2.07. The summed E-state index contributed by atoms with van der Waals surface area (Å²) in [7, 11) is -3.57. The summed E-state index contributed by atoms with van der Waals surface area (Å²) in [5, 5.41) is 7.51. The number of nitrogens with two attached hydrogens (primary N) is 1. The largest absolute Gasteiger partial charge is 0.384 e. The van der Waals surface area contributed by atoms with E-state index in [1.54, 1.807) is 41.3 Å². The fraction of sp³-hybridized carbons (Fsp3) is 0.333. The van der Waals surface area contributed by atoms with Gasteiger partial charge in [-0.1, -0.05) is 37.6 Å². The van der Waals surface area contributed by atoms with Gasteiger partial charge in [-0.2, -0.15) is 4.31 Å². The van der Waals surface area contributed by atoms with Gasteiger partial charge in [0.2, 0.25) is 10.0 Å². The maximum absolute atomic E-state index is 12.9. The molecule has 3 N–H and O–H groups in total. The molecule has 3 rings (SSSR count). The average molecular weight is 415 g/mol. The number of benzene rings is 2. The molecule has 29 heavy (non-hydrogen) atoms. The number of carbonyl (C=O) groups is 1. The first-order valence-electron chi connectivity index (χ1n) is 9.65. The van der Waals surface area contributed by atoms with Gasteiger partial charge in [-0.05, 0) is 36.2 Å². The standard InChI is InChI=1S/C21H26N4O3S/c1-2-4-16-7-9-19(10-8-16)29(27,28)25-13-11-24(12-14-25)21(26)18-6-3-5-17(15-18)20(22)23/h3,5-10,15H,2,4,11-14H2,1H3,(H3,22,23).